The molecule has 0 unspecified atom stereocenters. The maximum atomic E-state index is 4.77. The van der Waals surface area contributed by atoms with E-state index in [4.69, 9.17) is 9.97 Å². The van der Waals surface area contributed by atoms with Crippen molar-refractivity contribution in [3.8, 4) is 0 Å². The first-order chi connectivity index (χ1) is 15.8. The van der Waals surface area contributed by atoms with Gasteiger partial charge >= 0.3 is 0 Å². The summed E-state index contributed by atoms with van der Waals surface area (Å²) in [5.74, 6) is 1.98. The minimum absolute atomic E-state index is 0.894. The van der Waals surface area contributed by atoms with Crippen molar-refractivity contribution in [2.24, 2.45) is 9.98 Å². The zero-order valence-corrected chi connectivity index (χ0v) is 19.1. The van der Waals surface area contributed by atoms with Gasteiger partial charge in [-0.3, -0.25) is 9.98 Å². The summed E-state index contributed by atoms with van der Waals surface area (Å²) >= 11 is 3.39. The van der Waals surface area contributed by atoms with Gasteiger partial charge in [0.15, 0.2) is 0 Å². The highest BCUT2D eigenvalue weighted by Gasteiger charge is 2.11. The molecule has 0 bridgehead atoms. The lowest BCUT2D eigenvalue weighted by Crippen LogP contribution is -2.30. The van der Waals surface area contributed by atoms with Crippen LogP contribution in [0.5, 0.6) is 0 Å². The van der Waals surface area contributed by atoms with Crippen molar-refractivity contribution in [1.82, 2.24) is 20.6 Å². The summed E-state index contributed by atoms with van der Waals surface area (Å²) in [4.78, 5) is 18.7. The average molecular weight is 459 g/mol. The number of thiazole rings is 2. The molecular weight excluding hydrogens is 436 g/mol. The normalized spacial score (nSPS) is 16.8. The molecule has 32 heavy (non-hydrogen) atoms. The molecule has 0 atom stereocenters. The van der Waals surface area contributed by atoms with E-state index in [1.807, 2.05) is 0 Å². The first-order valence-electron chi connectivity index (χ1n) is 10.9. The molecule has 0 fully saturated rings. The summed E-state index contributed by atoms with van der Waals surface area (Å²) in [6.45, 7) is 3.76. The van der Waals surface area contributed by atoms with Gasteiger partial charge in [-0.2, -0.15) is 0 Å². The highest BCUT2D eigenvalue weighted by atomic mass is 32.1. The summed E-state index contributed by atoms with van der Waals surface area (Å²) in [5.41, 5.74) is 4.31. The van der Waals surface area contributed by atoms with Crippen LogP contribution >= 0.6 is 22.7 Å². The third kappa shape index (κ3) is 3.91. The molecule has 2 aliphatic rings. The highest BCUT2D eigenvalue weighted by Crippen LogP contribution is 2.28. The predicted molar refractivity (Wildman–Crippen MR) is 136 cm³/mol. The number of hydrogen-bond donors (Lipinski definition) is 2. The Morgan fingerprint density at radius 1 is 0.688 bits per heavy atom. The zero-order valence-electron chi connectivity index (χ0n) is 17.5. The first kappa shape index (κ1) is 19.6. The molecule has 0 radical (unpaired) electrons. The second kappa shape index (κ2) is 8.44. The summed E-state index contributed by atoms with van der Waals surface area (Å²) < 4.78 is 2.35. The number of amidine groups is 2. The van der Waals surface area contributed by atoms with Gasteiger partial charge in [0.25, 0.3) is 0 Å². The van der Waals surface area contributed by atoms with Gasteiger partial charge in [0.2, 0.25) is 0 Å². The molecular formula is C24H22N6S2. The maximum Gasteiger partial charge on any atom is 0.128 e. The van der Waals surface area contributed by atoms with E-state index in [0.717, 1.165) is 82.9 Å². The number of fused-ring (bicyclic) bond motifs is 2. The topological polar surface area (TPSA) is 74.6 Å². The molecule has 4 heterocycles. The van der Waals surface area contributed by atoms with Crippen molar-refractivity contribution in [2.75, 3.05) is 26.2 Å². The summed E-state index contributed by atoms with van der Waals surface area (Å²) in [7, 11) is 0. The Labute approximate surface area is 193 Å². The number of hydrogen-bond acceptors (Lipinski definition) is 8. The van der Waals surface area contributed by atoms with Crippen LogP contribution < -0.4 is 10.6 Å². The van der Waals surface area contributed by atoms with Crippen molar-refractivity contribution in [3.63, 3.8) is 0 Å². The number of benzene rings is 2. The Balaban J connectivity index is 1.25. The second-order valence-corrected chi connectivity index (χ2v) is 9.95. The molecule has 8 heteroatoms. The Morgan fingerprint density at radius 3 is 1.62 bits per heavy atom. The number of aromatic nitrogens is 2. The third-order valence-corrected chi connectivity index (χ3v) is 7.49. The van der Waals surface area contributed by atoms with Gasteiger partial charge < -0.3 is 10.6 Å². The molecule has 160 valence electrons. The van der Waals surface area contributed by atoms with Gasteiger partial charge in [0, 0.05) is 37.3 Å². The largest absolute Gasteiger partial charge is 0.370 e. The van der Waals surface area contributed by atoms with Crippen molar-refractivity contribution < 1.29 is 0 Å². The lowest BCUT2D eigenvalue weighted by Gasteiger charge is -2.14. The van der Waals surface area contributed by atoms with Crippen LogP contribution in [0.25, 0.3) is 32.6 Å². The van der Waals surface area contributed by atoms with Crippen LogP contribution in [0.3, 0.4) is 0 Å². The van der Waals surface area contributed by atoms with Crippen LogP contribution in [0.1, 0.15) is 34.0 Å². The van der Waals surface area contributed by atoms with E-state index >= 15 is 0 Å². The molecule has 4 aromatic rings. The van der Waals surface area contributed by atoms with Gasteiger partial charge in [0.1, 0.15) is 21.7 Å². The highest BCUT2D eigenvalue weighted by molar-refractivity contribution is 7.20. The molecule has 0 aliphatic carbocycles. The lowest BCUT2D eigenvalue weighted by molar-refractivity contribution is 0.742. The van der Waals surface area contributed by atoms with Crippen LogP contribution in [0.15, 0.2) is 46.4 Å². The van der Waals surface area contributed by atoms with E-state index in [0.29, 0.717) is 0 Å². The maximum absolute atomic E-state index is 4.77. The third-order valence-electron chi connectivity index (χ3n) is 5.52. The van der Waals surface area contributed by atoms with Gasteiger partial charge in [-0.05, 0) is 61.4 Å². The molecule has 2 aromatic carbocycles. The number of nitrogens with one attached hydrogen (secondary N) is 2. The molecule has 0 saturated carbocycles. The molecule has 0 saturated heterocycles. The fourth-order valence-corrected chi connectivity index (χ4v) is 5.74. The second-order valence-electron chi connectivity index (χ2n) is 7.82. The fourth-order valence-electron chi connectivity index (χ4n) is 3.92. The van der Waals surface area contributed by atoms with Crippen LogP contribution in [-0.2, 0) is 0 Å². The number of rotatable bonds is 4. The first-order valence-corrected chi connectivity index (χ1v) is 12.5. The summed E-state index contributed by atoms with van der Waals surface area (Å²) in [6, 6.07) is 12.7. The molecule has 2 aliphatic heterocycles. The van der Waals surface area contributed by atoms with Gasteiger partial charge in [-0.1, -0.05) is 0 Å². The van der Waals surface area contributed by atoms with Crippen molar-refractivity contribution in [1.29, 1.82) is 0 Å². The molecule has 2 aromatic heterocycles. The Kier molecular flexibility index (Phi) is 5.16. The van der Waals surface area contributed by atoms with E-state index in [1.54, 1.807) is 22.7 Å². The molecule has 6 nitrogen and oxygen atoms in total. The van der Waals surface area contributed by atoms with E-state index < -0.39 is 0 Å². The van der Waals surface area contributed by atoms with Crippen molar-refractivity contribution in [3.05, 3.63) is 57.5 Å². The van der Waals surface area contributed by atoms with Crippen molar-refractivity contribution >= 4 is 66.9 Å². The predicted octanol–water partition coefficient (Wildman–Crippen LogP) is 4.56. The Hall–Kier alpha value is -3.10. The standard InChI is InChI=1S/C24H22N6S2/c1-9-25-23(26-10-1)15-3-5-17-19(13-15)31-21(29-17)7-8-22-30-18-6-4-16(14-20(18)32-22)24-27-11-2-12-28-24/h3-8,13-14H,1-2,9-12H2,(H,25,26)(H,27,28)/b8-7+. The molecule has 0 spiro atoms. The summed E-state index contributed by atoms with van der Waals surface area (Å²) in [6.07, 6.45) is 6.32. The van der Waals surface area contributed by atoms with E-state index in [9.17, 15) is 0 Å². The zero-order chi connectivity index (χ0) is 21.3. The van der Waals surface area contributed by atoms with Gasteiger partial charge in [0.05, 0.1) is 20.4 Å². The van der Waals surface area contributed by atoms with E-state index in [1.165, 1.54) is 9.40 Å². The fraction of sp³-hybridized carbons (Fsp3) is 0.250. The van der Waals surface area contributed by atoms with E-state index in [-0.39, 0.29) is 0 Å². The SMILES string of the molecule is C(=C\c1nc2ccc(C3=NCCCN3)cc2s1)/c1nc2ccc(C3=NCCCN3)cc2s1. The quantitative estimate of drug-likeness (QED) is 0.470. The Bertz CT molecular complexity index is 1290. The smallest absolute Gasteiger partial charge is 0.128 e. The van der Waals surface area contributed by atoms with Gasteiger partial charge in [-0.15, -0.1) is 22.7 Å². The monoisotopic (exact) mass is 458 g/mol. The van der Waals surface area contributed by atoms with Gasteiger partial charge in [-0.25, -0.2) is 9.97 Å². The lowest BCUT2D eigenvalue weighted by atomic mass is 10.1. The minimum Gasteiger partial charge on any atom is -0.370 e. The van der Waals surface area contributed by atoms with Crippen LogP contribution in [0.4, 0.5) is 0 Å². The molecule has 0 amide bonds. The van der Waals surface area contributed by atoms with Crippen LogP contribution in [0.2, 0.25) is 0 Å². The number of nitrogens with zero attached hydrogens (tertiary/aromatic N) is 4. The van der Waals surface area contributed by atoms with Crippen molar-refractivity contribution in [2.45, 2.75) is 12.8 Å². The van der Waals surface area contributed by atoms with Crippen LogP contribution in [-0.4, -0.2) is 47.8 Å². The van der Waals surface area contributed by atoms with E-state index in [2.05, 4.69) is 69.2 Å². The molecule has 2 N–H and O–H groups in total. The Morgan fingerprint density at radius 2 is 1.19 bits per heavy atom. The summed E-state index contributed by atoms with van der Waals surface area (Å²) in [5, 5.41) is 8.75. The number of aliphatic imine (C=N–C) groups is 2. The molecule has 6 rings (SSSR count). The average Bonchev–Trinajstić information content (AvgIpc) is 3.46. The minimum atomic E-state index is 0.894. The van der Waals surface area contributed by atoms with Crippen LogP contribution in [0, 0.1) is 0 Å².